The van der Waals surface area contributed by atoms with Gasteiger partial charge in [-0.2, -0.15) is 0 Å². The van der Waals surface area contributed by atoms with Crippen LogP contribution in [0.25, 0.3) is 110 Å². The summed E-state index contributed by atoms with van der Waals surface area (Å²) in [7, 11) is -5.58. The van der Waals surface area contributed by atoms with Crippen LogP contribution in [0.4, 0.5) is 0 Å². The molecule has 0 atom stereocenters. The second-order valence-corrected chi connectivity index (χ2v) is 43.4. The van der Waals surface area contributed by atoms with Gasteiger partial charge in [0.2, 0.25) is 0 Å². The molecule has 4 nitrogen and oxygen atoms in total. The first-order chi connectivity index (χ1) is 64.6. The first-order valence-corrected chi connectivity index (χ1v) is 49.7. The van der Waals surface area contributed by atoms with E-state index in [-0.39, 0.29) is 23.7 Å². The van der Waals surface area contributed by atoms with Gasteiger partial charge in [-0.25, -0.2) is 0 Å². The summed E-state index contributed by atoms with van der Waals surface area (Å²) in [5.41, 5.74) is 31.8. The summed E-state index contributed by atoms with van der Waals surface area (Å²) in [6.07, 6.45) is 0. The van der Waals surface area contributed by atoms with E-state index in [9.17, 15) is 0 Å². The quantitative estimate of drug-likeness (QED) is 0.0858. The maximum atomic E-state index is 2.55. The Kier molecular flexibility index (Phi) is 16.7. The Bertz CT molecular complexity index is 8380. The molecule has 6 heteroatoms. The van der Waals surface area contributed by atoms with Crippen molar-refractivity contribution >= 4 is 145 Å². The molecule has 0 N–H and O–H groups in total. The van der Waals surface area contributed by atoms with Crippen molar-refractivity contribution < 1.29 is 0 Å². The van der Waals surface area contributed by atoms with Gasteiger partial charge in [0.05, 0.1) is 44.1 Å². The number of benzene rings is 20. The van der Waals surface area contributed by atoms with Crippen molar-refractivity contribution in [3.8, 4) is 22.7 Å². The van der Waals surface area contributed by atoms with Gasteiger partial charge in [-0.15, -0.1) is 0 Å². The fourth-order valence-electron chi connectivity index (χ4n) is 24.6. The van der Waals surface area contributed by atoms with Crippen LogP contribution in [0.5, 0.6) is 0 Å². The van der Waals surface area contributed by atoms with Crippen molar-refractivity contribution in [3.63, 3.8) is 0 Å². The highest BCUT2D eigenvalue weighted by Gasteiger charge is 2.47. The smallest absolute Gasteiger partial charge is 0.179 e. The molecule has 0 fully saturated rings. The summed E-state index contributed by atoms with van der Waals surface area (Å²) in [6.45, 7) is 0. The molecule has 130 heavy (non-hydrogen) atoms. The van der Waals surface area contributed by atoms with E-state index in [4.69, 9.17) is 0 Å². The van der Waals surface area contributed by atoms with Crippen LogP contribution >= 0.6 is 0 Å². The van der Waals surface area contributed by atoms with Crippen molar-refractivity contribution in [3.05, 3.63) is 552 Å². The summed E-state index contributed by atoms with van der Waals surface area (Å²) >= 11 is 0. The average molecular weight is 1690 g/mol. The first-order valence-electron chi connectivity index (χ1n) is 45.7. The van der Waals surface area contributed by atoms with Crippen LogP contribution in [0.15, 0.2) is 485 Å². The molecule has 4 aromatic heterocycles. The van der Waals surface area contributed by atoms with Crippen LogP contribution in [-0.4, -0.2) is 34.4 Å². The molecule has 24 aromatic rings. The molecule has 6 aliphatic rings. The molecule has 20 aromatic carbocycles. The Morgan fingerprint density at radius 1 is 0.138 bits per heavy atom. The first kappa shape index (κ1) is 74.3. The van der Waals surface area contributed by atoms with E-state index in [1.165, 1.54) is 207 Å². The second kappa shape index (κ2) is 29.3. The highest BCUT2D eigenvalue weighted by molar-refractivity contribution is 7.20. The molecular weight excluding hydrogens is 1600 g/mol. The minimum atomic E-state index is -2.80. The lowest BCUT2D eigenvalue weighted by Crippen LogP contribution is -2.74. The molecule has 0 aliphatic heterocycles. The van der Waals surface area contributed by atoms with E-state index in [1.807, 2.05) is 0 Å². The molecule has 4 bridgehead atoms. The topological polar surface area (TPSA) is 19.7 Å². The van der Waals surface area contributed by atoms with Gasteiger partial charge in [-0.1, -0.05) is 388 Å². The maximum absolute atomic E-state index is 2.80. The van der Waals surface area contributed by atoms with E-state index in [2.05, 4.69) is 504 Å². The van der Waals surface area contributed by atoms with E-state index in [0.717, 1.165) is 11.4 Å². The summed E-state index contributed by atoms with van der Waals surface area (Å²) in [5.74, 6) is 0.816. The molecule has 0 spiro atoms. The Morgan fingerprint density at radius 3 is 0.754 bits per heavy atom. The fourth-order valence-corrected chi connectivity index (χ4v) is 34.1. The molecule has 0 saturated heterocycles. The average Bonchev–Trinajstić information content (AvgIpc) is 1.59. The largest absolute Gasteiger partial charge is 0.309 e. The van der Waals surface area contributed by atoms with Crippen molar-refractivity contribution in [2.75, 3.05) is 0 Å². The van der Waals surface area contributed by atoms with Gasteiger partial charge in [0.1, 0.15) is 0 Å². The molecule has 0 radical (unpaired) electrons. The van der Waals surface area contributed by atoms with E-state index in [0.29, 0.717) is 0 Å². The summed E-state index contributed by atoms with van der Waals surface area (Å²) < 4.78 is 10.0. The van der Waals surface area contributed by atoms with Crippen molar-refractivity contribution in [1.29, 1.82) is 0 Å². The van der Waals surface area contributed by atoms with Gasteiger partial charge in [-0.05, 0) is 205 Å². The molecule has 0 saturated carbocycles. The second-order valence-electron chi connectivity index (χ2n) is 35.8. The van der Waals surface area contributed by atoms with Gasteiger partial charge in [0.25, 0.3) is 0 Å². The maximum Gasteiger partial charge on any atom is 0.179 e. The van der Waals surface area contributed by atoms with Crippen LogP contribution in [0.1, 0.15) is 90.4 Å². The number of nitrogens with zero attached hydrogens (tertiary/aromatic N) is 4. The predicted octanol–water partition coefficient (Wildman–Crippen LogP) is 24.5. The molecule has 608 valence electrons. The van der Waals surface area contributed by atoms with Crippen molar-refractivity contribution in [2.24, 2.45) is 0 Å². The van der Waals surface area contributed by atoms with Gasteiger partial charge in [-0.3, -0.25) is 0 Å². The predicted molar refractivity (Wildman–Crippen MR) is 547 cm³/mol. The van der Waals surface area contributed by atoms with Gasteiger partial charge >= 0.3 is 0 Å². The normalized spacial score (nSPS) is 15.1. The zero-order valence-electron chi connectivity index (χ0n) is 71.3. The van der Waals surface area contributed by atoms with Crippen LogP contribution in [0.2, 0.25) is 0 Å². The van der Waals surface area contributed by atoms with E-state index < -0.39 is 16.1 Å². The highest BCUT2D eigenvalue weighted by Crippen LogP contribution is 2.61. The van der Waals surface area contributed by atoms with Crippen LogP contribution < -0.4 is 41.5 Å². The SMILES string of the molecule is c1ccc(-n2c3ccc(-n4c5ccccc5c5c6c(ccc54)C4c5ccccc5C6c5ccccc54)cc3c3cc([Si](c4ccccc4)(c4ccccc4)c4ccccc4)ccc32)cc1.c1ccc(-n2c3ccc(-n4c5ccccc5c5c6c(ccc54)C4c5ccccc5C6c5ccccc54)cc3c3ccc([Si](c4ccccc4)(c4ccccc4)c4ccccc4)cc32)cc1. The third-order valence-electron chi connectivity index (χ3n) is 29.6. The summed E-state index contributed by atoms with van der Waals surface area (Å²) in [4.78, 5) is 0. The zero-order chi connectivity index (χ0) is 85.3. The van der Waals surface area contributed by atoms with Gasteiger partial charge < -0.3 is 18.3 Å². The van der Waals surface area contributed by atoms with Crippen molar-refractivity contribution in [1.82, 2.24) is 18.3 Å². The van der Waals surface area contributed by atoms with E-state index in [1.54, 1.807) is 0 Å². The van der Waals surface area contributed by atoms with Gasteiger partial charge in [0, 0.05) is 89.5 Å². The standard InChI is InChI=1S/2C62H42N2Si/c1-5-19-41(20-6-1)63-56-36-33-42(39-53(56)54-40-46(34-37-57(54)63)65(43-21-7-2-8-22-43,44-23-9-3-10-24-44)45-25-11-4-12-26-45)64-55-32-18-17-31-51(55)61-58(64)38-35-52-59-47-27-13-15-29-49(47)60(62(52)61)50-30-16-14-28-48(50)59;1-5-19-41(20-6-1)63-56-37-33-42(39-54(56)47-35-34-46(40-58(47)63)65(43-21-7-2-8-22-43,44-23-9-3-10-24-44)45-25-11-4-12-26-45)64-55-32-18-17-31-52(55)61-57(64)38-36-53-59-48-27-13-15-29-50(48)60(62(53)61)51-30-16-14-28-49(51)59/h2*1-40,59-60H. The Hall–Kier alpha value is -16.0. The van der Waals surface area contributed by atoms with Crippen LogP contribution in [0.3, 0.4) is 0 Å². The number of para-hydroxylation sites is 4. The summed E-state index contributed by atoms with van der Waals surface area (Å²) in [6, 6.07) is 183. The number of hydrogen-bond acceptors (Lipinski definition) is 0. The third-order valence-corrected chi connectivity index (χ3v) is 39.2. The minimum absolute atomic E-state index is 0.179. The molecule has 4 heterocycles. The monoisotopic (exact) mass is 1680 g/mol. The summed E-state index contributed by atoms with van der Waals surface area (Å²) in [5, 5.41) is 21.3. The lowest BCUT2D eigenvalue weighted by Gasteiger charge is -2.42. The number of aromatic nitrogens is 4. The van der Waals surface area contributed by atoms with Gasteiger partial charge in [0.15, 0.2) is 16.1 Å². The van der Waals surface area contributed by atoms with Crippen molar-refractivity contribution in [2.45, 2.75) is 23.7 Å². The molecule has 0 amide bonds. The highest BCUT2D eigenvalue weighted by atomic mass is 28.3. The van der Waals surface area contributed by atoms with E-state index >= 15 is 0 Å². The number of hydrogen-bond donors (Lipinski definition) is 0. The number of fused-ring (bicyclic) bond motifs is 12. The lowest BCUT2D eigenvalue weighted by molar-refractivity contribution is 0.761. The molecule has 6 aliphatic carbocycles. The molecule has 30 rings (SSSR count). The lowest BCUT2D eigenvalue weighted by atomic mass is 9.60. The molecular formula is C124H84N4Si2. The Labute approximate surface area is 756 Å². The third kappa shape index (κ3) is 10.7. The minimum Gasteiger partial charge on any atom is -0.309 e. The van der Waals surface area contributed by atoms with Crippen LogP contribution in [-0.2, 0) is 0 Å². The van der Waals surface area contributed by atoms with Crippen LogP contribution in [0, 0.1) is 0 Å². The fraction of sp³-hybridized carbons (Fsp3) is 0.0323. The Morgan fingerprint density at radius 2 is 0.392 bits per heavy atom. The number of rotatable bonds is 12. The zero-order valence-corrected chi connectivity index (χ0v) is 73.3. The molecule has 0 unspecified atom stereocenters. The Balaban J connectivity index is 0.000000134.